The van der Waals surface area contributed by atoms with Crippen LogP contribution in [0.1, 0.15) is 42.5 Å². The minimum atomic E-state index is -1.23. The minimum Gasteiger partial charge on any atom is -0.306 e. The average Bonchev–Trinajstić information content (AvgIpc) is 2.40. The molecule has 1 saturated carbocycles. The van der Waals surface area contributed by atoms with Crippen molar-refractivity contribution in [2.75, 3.05) is 0 Å². The third-order valence-electron chi connectivity index (χ3n) is 3.58. The van der Waals surface area contributed by atoms with Crippen LogP contribution in [0, 0.1) is 5.92 Å². The van der Waals surface area contributed by atoms with Crippen molar-refractivity contribution in [3.05, 3.63) is 35.9 Å². The molecule has 0 radical (unpaired) electrons. The first-order valence-corrected chi connectivity index (χ1v) is 6.58. The normalized spacial score (nSPS) is 20.8. The van der Waals surface area contributed by atoms with E-state index in [-0.39, 0.29) is 11.7 Å². The van der Waals surface area contributed by atoms with Crippen molar-refractivity contribution in [1.29, 1.82) is 0 Å². The highest BCUT2D eigenvalue weighted by Crippen LogP contribution is 2.35. The highest BCUT2D eigenvalue weighted by Gasteiger charge is 2.40. The van der Waals surface area contributed by atoms with Gasteiger partial charge in [0.05, 0.1) is 0 Å². The van der Waals surface area contributed by atoms with Crippen LogP contribution in [0.15, 0.2) is 30.3 Å². The summed E-state index contributed by atoms with van der Waals surface area (Å²) < 4.78 is 0. The van der Waals surface area contributed by atoms with Gasteiger partial charge in [0.25, 0.3) is 0 Å². The number of halogens is 1. The summed E-state index contributed by atoms with van der Waals surface area (Å²) in [6.45, 7) is 0. The van der Waals surface area contributed by atoms with Gasteiger partial charge in [-0.1, -0.05) is 61.2 Å². The van der Waals surface area contributed by atoms with E-state index in [9.17, 15) is 4.79 Å². The van der Waals surface area contributed by atoms with Gasteiger partial charge >= 0.3 is 0 Å². The SMILES string of the molecule is NC(Cl)(C(=O)c1ccccc1)C1CCCCC1. The van der Waals surface area contributed by atoms with Crippen LogP contribution in [0.5, 0.6) is 0 Å². The Morgan fingerprint density at radius 3 is 2.35 bits per heavy atom. The zero-order valence-electron chi connectivity index (χ0n) is 9.86. The van der Waals surface area contributed by atoms with E-state index in [0.29, 0.717) is 5.56 Å². The highest BCUT2D eigenvalue weighted by atomic mass is 35.5. The number of benzene rings is 1. The molecule has 0 saturated heterocycles. The minimum absolute atomic E-state index is 0.102. The lowest BCUT2D eigenvalue weighted by molar-refractivity contribution is 0.0882. The third-order valence-corrected chi connectivity index (χ3v) is 4.06. The second kappa shape index (κ2) is 5.19. The summed E-state index contributed by atoms with van der Waals surface area (Å²) in [6, 6.07) is 9.09. The summed E-state index contributed by atoms with van der Waals surface area (Å²) in [5, 5.41) is 0. The third kappa shape index (κ3) is 2.70. The van der Waals surface area contributed by atoms with E-state index >= 15 is 0 Å². The molecular formula is C14H18ClNO. The molecule has 0 aliphatic heterocycles. The summed E-state index contributed by atoms with van der Waals surface area (Å²) in [6.07, 6.45) is 5.39. The molecule has 1 aliphatic carbocycles. The van der Waals surface area contributed by atoms with Crippen LogP contribution in [0.3, 0.4) is 0 Å². The van der Waals surface area contributed by atoms with Crippen molar-refractivity contribution in [3.63, 3.8) is 0 Å². The molecule has 0 heterocycles. The van der Waals surface area contributed by atoms with Gasteiger partial charge in [-0.25, -0.2) is 0 Å². The van der Waals surface area contributed by atoms with E-state index in [4.69, 9.17) is 17.3 Å². The monoisotopic (exact) mass is 251 g/mol. The highest BCUT2D eigenvalue weighted by molar-refractivity contribution is 6.37. The molecular weight excluding hydrogens is 234 g/mol. The van der Waals surface area contributed by atoms with Gasteiger partial charge in [0.15, 0.2) is 10.8 Å². The molecule has 92 valence electrons. The zero-order valence-corrected chi connectivity index (χ0v) is 10.6. The molecule has 1 atom stereocenters. The fourth-order valence-electron chi connectivity index (χ4n) is 2.52. The van der Waals surface area contributed by atoms with E-state index in [0.717, 1.165) is 25.7 Å². The quantitative estimate of drug-likeness (QED) is 0.509. The Labute approximate surface area is 107 Å². The fraction of sp³-hybridized carbons (Fsp3) is 0.500. The Balaban J connectivity index is 2.17. The molecule has 1 aromatic rings. The number of carbonyl (C=O) groups is 1. The number of alkyl halides is 1. The number of ketones is 1. The lowest BCUT2D eigenvalue weighted by Crippen LogP contribution is -2.49. The second-order valence-electron chi connectivity index (χ2n) is 4.80. The molecule has 0 spiro atoms. The molecule has 2 N–H and O–H groups in total. The molecule has 17 heavy (non-hydrogen) atoms. The molecule has 1 unspecified atom stereocenters. The maximum absolute atomic E-state index is 12.3. The molecule has 1 aliphatic rings. The number of carbonyl (C=O) groups excluding carboxylic acids is 1. The maximum Gasteiger partial charge on any atom is 0.198 e. The van der Waals surface area contributed by atoms with Gasteiger partial charge in [-0.2, -0.15) is 0 Å². The van der Waals surface area contributed by atoms with E-state index in [1.165, 1.54) is 6.42 Å². The largest absolute Gasteiger partial charge is 0.306 e. The predicted octanol–water partition coefficient (Wildman–Crippen LogP) is 3.34. The van der Waals surface area contributed by atoms with Gasteiger partial charge in [-0.3, -0.25) is 4.79 Å². The molecule has 0 aromatic heterocycles. The molecule has 0 amide bonds. The van der Waals surface area contributed by atoms with E-state index in [1.54, 1.807) is 12.1 Å². The van der Waals surface area contributed by atoms with Crippen molar-refractivity contribution in [3.8, 4) is 0 Å². The smallest absolute Gasteiger partial charge is 0.198 e. The molecule has 1 aromatic carbocycles. The fourth-order valence-corrected chi connectivity index (χ4v) is 2.85. The first kappa shape index (κ1) is 12.6. The number of rotatable bonds is 3. The van der Waals surface area contributed by atoms with Crippen LogP contribution in [0.4, 0.5) is 0 Å². The molecule has 3 heteroatoms. The van der Waals surface area contributed by atoms with Crippen molar-refractivity contribution in [1.82, 2.24) is 0 Å². The lowest BCUT2D eigenvalue weighted by Gasteiger charge is -2.33. The molecule has 2 rings (SSSR count). The number of Topliss-reactive ketones (excluding diaryl/α,β-unsaturated/α-hetero) is 1. The first-order chi connectivity index (χ1) is 8.12. The van der Waals surface area contributed by atoms with Gasteiger partial charge < -0.3 is 5.73 Å². The Kier molecular flexibility index (Phi) is 3.85. The van der Waals surface area contributed by atoms with E-state index < -0.39 is 5.00 Å². The van der Waals surface area contributed by atoms with Crippen molar-refractivity contribution >= 4 is 17.4 Å². The summed E-state index contributed by atoms with van der Waals surface area (Å²) in [7, 11) is 0. The standard InChI is InChI=1S/C14H18ClNO/c15-14(16,12-9-5-2-6-10-12)13(17)11-7-3-1-4-8-11/h1,3-4,7-8,12H,2,5-6,9-10,16H2. The van der Waals surface area contributed by atoms with Crippen LogP contribution in [0.2, 0.25) is 0 Å². The van der Waals surface area contributed by atoms with Crippen LogP contribution >= 0.6 is 11.6 Å². The Morgan fingerprint density at radius 2 is 1.76 bits per heavy atom. The number of hydrogen-bond donors (Lipinski definition) is 1. The predicted molar refractivity (Wildman–Crippen MR) is 70.1 cm³/mol. The zero-order chi connectivity index (χ0) is 12.3. The van der Waals surface area contributed by atoms with Crippen LogP contribution in [0.25, 0.3) is 0 Å². The summed E-state index contributed by atoms with van der Waals surface area (Å²) in [5.74, 6) is -0.0442. The van der Waals surface area contributed by atoms with Crippen molar-refractivity contribution in [2.45, 2.75) is 37.1 Å². The van der Waals surface area contributed by atoms with Crippen LogP contribution in [-0.4, -0.2) is 10.8 Å². The number of hydrogen-bond acceptors (Lipinski definition) is 2. The van der Waals surface area contributed by atoms with E-state index in [1.807, 2.05) is 18.2 Å². The average molecular weight is 252 g/mol. The Bertz CT molecular complexity index is 382. The Hall–Kier alpha value is -0.860. The maximum atomic E-state index is 12.3. The summed E-state index contributed by atoms with van der Waals surface area (Å²) >= 11 is 6.33. The van der Waals surface area contributed by atoms with Gasteiger partial charge in [-0.05, 0) is 18.8 Å². The molecule has 0 bridgehead atoms. The second-order valence-corrected chi connectivity index (χ2v) is 5.42. The van der Waals surface area contributed by atoms with Gasteiger partial charge in [0, 0.05) is 5.56 Å². The van der Waals surface area contributed by atoms with Gasteiger partial charge in [-0.15, -0.1) is 0 Å². The summed E-state index contributed by atoms with van der Waals surface area (Å²) in [5.41, 5.74) is 6.69. The number of nitrogens with two attached hydrogens (primary N) is 1. The van der Waals surface area contributed by atoms with Gasteiger partial charge in [0.1, 0.15) is 0 Å². The summed E-state index contributed by atoms with van der Waals surface area (Å²) in [4.78, 5) is 11.1. The molecule has 1 fully saturated rings. The first-order valence-electron chi connectivity index (χ1n) is 6.20. The van der Waals surface area contributed by atoms with E-state index in [2.05, 4.69) is 0 Å². The topological polar surface area (TPSA) is 43.1 Å². The lowest BCUT2D eigenvalue weighted by atomic mass is 9.81. The van der Waals surface area contributed by atoms with Crippen LogP contribution in [-0.2, 0) is 0 Å². The van der Waals surface area contributed by atoms with Crippen molar-refractivity contribution in [2.24, 2.45) is 11.7 Å². The van der Waals surface area contributed by atoms with Crippen molar-refractivity contribution < 1.29 is 4.79 Å². The Morgan fingerprint density at radius 1 is 1.18 bits per heavy atom. The molecule has 2 nitrogen and oxygen atoms in total. The van der Waals surface area contributed by atoms with Gasteiger partial charge in [0.2, 0.25) is 0 Å². The van der Waals surface area contributed by atoms with Crippen LogP contribution < -0.4 is 5.73 Å².